The van der Waals surface area contributed by atoms with Crippen LogP contribution in [-0.4, -0.2) is 42.6 Å². The van der Waals surface area contributed by atoms with Crippen LogP contribution in [0.5, 0.6) is 0 Å². The van der Waals surface area contributed by atoms with Crippen molar-refractivity contribution in [2.24, 2.45) is 0 Å². The molecule has 2 aromatic heterocycles. The molecule has 2 amide bonds. The number of rotatable bonds is 4. The molecule has 0 radical (unpaired) electrons. The van der Waals surface area contributed by atoms with Gasteiger partial charge in [-0.3, -0.25) is 20.4 Å². The van der Waals surface area contributed by atoms with E-state index in [1.807, 2.05) is 18.2 Å². The van der Waals surface area contributed by atoms with Crippen LogP contribution in [0, 0.1) is 0 Å². The number of thiophene rings is 1. The number of hydrogen-bond acceptors (Lipinski definition) is 5. The molecule has 0 bridgehead atoms. The molecule has 8 nitrogen and oxygen atoms in total. The summed E-state index contributed by atoms with van der Waals surface area (Å²) in [6.45, 7) is 0.910. The van der Waals surface area contributed by atoms with Crippen LogP contribution in [0.3, 0.4) is 0 Å². The summed E-state index contributed by atoms with van der Waals surface area (Å²) in [5, 5.41) is 2.29. The summed E-state index contributed by atoms with van der Waals surface area (Å²) in [5.41, 5.74) is 5.88. The van der Waals surface area contributed by atoms with Gasteiger partial charge in [-0.2, -0.15) is 4.31 Å². The maximum atomic E-state index is 12.9. The van der Waals surface area contributed by atoms with Crippen molar-refractivity contribution in [1.82, 2.24) is 20.1 Å². The molecule has 1 aliphatic rings. The molecule has 1 fully saturated rings. The zero-order valence-electron chi connectivity index (χ0n) is 15.5. The van der Waals surface area contributed by atoms with Crippen LogP contribution in [0.4, 0.5) is 0 Å². The van der Waals surface area contributed by atoms with Crippen LogP contribution in [-0.2, 0) is 10.0 Å². The van der Waals surface area contributed by atoms with Gasteiger partial charge in [0.15, 0.2) is 0 Å². The quantitative estimate of drug-likeness (QED) is 0.550. The molecule has 0 saturated carbocycles. The van der Waals surface area contributed by atoms with E-state index in [1.165, 1.54) is 10.4 Å². The van der Waals surface area contributed by atoms with E-state index in [-0.39, 0.29) is 9.77 Å². The van der Waals surface area contributed by atoms with E-state index in [0.717, 1.165) is 41.5 Å². The van der Waals surface area contributed by atoms with Crippen molar-refractivity contribution in [3.63, 3.8) is 0 Å². The highest BCUT2D eigenvalue weighted by molar-refractivity contribution is 7.89. The molecule has 4 rings (SSSR count). The number of sulfonamides is 1. The Balaban J connectivity index is 1.48. The van der Waals surface area contributed by atoms with Crippen molar-refractivity contribution >= 4 is 44.1 Å². The van der Waals surface area contributed by atoms with Gasteiger partial charge in [-0.1, -0.05) is 24.6 Å². The maximum absolute atomic E-state index is 12.9. The number of hydrazine groups is 1. The molecule has 0 atom stereocenters. The number of nitrogens with zero attached hydrogens (tertiary/aromatic N) is 1. The molecule has 1 aromatic carbocycles. The topological polar surface area (TPSA) is 111 Å². The summed E-state index contributed by atoms with van der Waals surface area (Å²) in [6, 6.07) is 8.74. The van der Waals surface area contributed by atoms with E-state index in [9.17, 15) is 18.0 Å². The third-order valence-electron chi connectivity index (χ3n) is 4.89. The van der Waals surface area contributed by atoms with E-state index in [2.05, 4.69) is 15.8 Å². The number of carbonyl (C=O) groups is 2. The van der Waals surface area contributed by atoms with Gasteiger partial charge in [0, 0.05) is 30.2 Å². The number of hydrogen-bond donors (Lipinski definition) is 3. The SMILES string of the molecule is O=C(NNC(=O)c1c[nH]c2ccccc12)c1sccc1S(=O)(=O)N1CCCCC1. The van der Waals surface area contributed by atoms with Crippen LogP contribution in [0.25, 0.3) is 10.9 Å². The third-order valence-corrected chi connectivity index (χ3v) is 7.88. The highest BCUT2D eigenvalue weighted by Crippen LogP contribution is 2.27. The van der Waals surface area contributed by atoms with E-state index in [4.69, 9.17) is 0 Å². The van der Waals surface area contributed by atoms with E-state index in [0.29, 0.717) is 18.7 Å². The molecule has 1 aliphatic heterocycles. The summed E-state index contributed by atoms with van der Waals surface area (Å²) in [7, 11) is -3.74. The molecule has 3 aromatic rings. The van der Waals surface area contributed by atoms with Crippen LogP contribution >= 0.6 is 11.3 Å². The van der Waals surface area contributed by atoms with Crippen molar-refractivity contribution in [2.45, 2.75) is 24.2 Å². The van der Waals surface area contributed by atoms with Crippen molar-refractivity contribution < 1.29 is 18.0 Å². The van der Waals surface area contributed by atoms with Gasteiger partial charge in [0.25, 0.3) is 11.8 Å². The number of piperidine rings is 1. The highest BCUT2D eigenvalue weighted by Gasteiger charge is 2.31. The fourth-order valence-electron chi connectivity index (χ4n) is 3.41. The summed E-state index contributed by atoms with van der Waals surface area (Å²) in [4.78, 5) is 28.1. The Kier molecular flexibility index (Phi) is 5.39. The number of aromatic amines is 1. The zero-order chi connectivity index (χ0) is 20.4. The second-order valence-corrected chi connectivity index (χ2v) is 9.56. The van der Waals surface area contributed by atoms with Gasteiger partial charge in [-0.25, -0.2) is 8.42 Å². The Labute approximate surface area is 171 Å². The standard InChI is InChI=1S/C19H20N4O4S2/c24-18(14-12-20-15-7-3-2-6-13(14)15)21-22-19(25)17-16(8-11-28-17)29(26,27)23-9-4-1-5-10-23/h2-3,6-8,11-12,20H,1,4-5,9-10H2,(H,21,24)(H,22,25). The fourth-order valence-corrected chi connectivity index (χ4v) is 6.22. The van der Waals surface area contributed by atoms with E-state index < -0.39 is 21.8 Å². The lowest BCUT2D eigenvalue weighted by molar-refractivity contribution is 0.0848. The lowest BCUT2D eigenvalue weighted by atomic mass is 10.2. The molecular formula is C19H20N4O4S2. The molecule has 10 heteroatoms. The van der Waals surface area contributed by atoms with Gasteiger partial charge in [-0.05, 0) is 30.4 Å². The number of para-hydroxylation sites is 1. The first-order valence-corrected chi connectivity index (χ1v) is 11.5. The number of amides is 2. The maximum Gasteiger partial charge on any atom is 0.281 e. The van der Waals surface area contributed by atoms with Gasteiger partial charge >= 0.3 is 0 Å². The summed E-state index contributed by atoms with van der Waals surface area (Å²) >= 11 is 1.02. The van der Waals surface area contributed by atoms with E-state index >= 15 is 0 Å². The molecule has 1 saturated heterocycles. The van der Waals surface area contributed by atoms with Gasteiger partial charge < -0.3 is 4.98 Å². The number of aromatic nitrogens is 1. The van der Waals surface area contributed by atoms with Crippen molar-refractivity contribution in [2.75, 3.05) is 13.1 Å². The van der Waals surface area contributed by atoms with Gasteiger partial charge in [-0.15, -0.1) is 11.3 Å². The number of benzene rings is 1. The van der Waals surface area contributed by atoms with Gasteiger partial charge in [0.05, 0.1) is 5.56 Å². The van der Waals surface area contributed by atoms with Gasteiger partial charge in [0.2, 0.25) is 10.0 Å². The lowest BCUT2D eigenvalue weighted by Crippen LogP contribution is -2.42. The minimum atomic E-state index is -3.74. The largest absolute Gasteiger partial charge is 0.360 e. The van der Waals surface area contributed by atoms with E-state index in [1.54, 1.807) is 17.6 Å². The Bertz CT molecular complexity index is 1160. The Morgan fingerprint density at radius 3 is 2.52 bits per heavy atom. The Hall–Kier alpha value is -2.69. The first kappa shape index (κ1) is 19.6. The molecule has 3 heterocycles. The number of carbonyl (C=O) groups excluding carboxylic acids is 2. The second-order valence-electron chi connectivity index (χ2n) is 6.73. The zero-order valence-corrected chi connectivity index (χ0v) is 17.1. The van der Waals surface area contributed by atoms with Crippen LogP contribution in [0.2, 0.25) is 0 Å². The first-order valence-electron chi connectivity index (χ1n) is 9.23. The first-order chi connectivity index (χ1) is 14.0. The second kappa shape index (κ2) is 7.97. The molecule has 29 heavy (non-hydrogen) atoms. The monoisotopic (exact) mass is 432 g/mol. The normalized spacial score (nSPS) is 15.3. The third kappa shape index (κ3) is 3.78. The molecule has 0 spiro atoms. The van der Waals surface area contributed by atoms with Crippen LogP contribution < -0.4 is 10.9 Å². The fraction of sp³-hybridized carbons (Fsp3) is 0.263. The van der Waals surface area contributed by atoms with Crippen molar-refractivity contribution in [3.8, 4) is 0 Å². The predicted molar refractivity (Wildman–Crippen MR) is 110 cm³/mol. The molecule has 152 valence electrons. The molecular weight excluding hydrogens is 412 g/mol. The number of H-pyrrole nitrogens is 1. The summed E-state index contributed by atoms with van der Waals surface area (Å²) in [5.74, 6) is -1.16. The van der Waals surface area contributed by atoms with Gasteiger partial charge in [0.1, 0.15) is 9.77 Å². The van der Waals surface area contributed by atoms with Crippen LogP contribution in [0.15, 0.2) is 46.8 Å². The number of fused-ring (bicyclic) bond motifs is 1. The smallest absolute Gasteiger partial charge is 0.281 e. The lowest BCUT2D eigenvalue weighted by Gasteiger charge is -2.25. The van der Waals surface area contributed by atoms with Crippen molar-refractivity contribution in [1.29, 1.82) is 0 Å². The highest BCUT2D eigenvalue weighted by atomic mass is 32.2. The van der Waals surface area contributed by atoms with Crippen molar-refractivity contribution in [3.05, 3.63) is 52.3 Å². The predicted octanol–water partition coefficient (Wildman–Crippen LogP) is 2.48. The minimum absolute atomic E-state index is 0.0248. The molecule has 0 unspecified atom stereocenters. The summed E-state index contributed by atoms with van der Waals surface area (Å²) < 4.78 is 27.2. The minimum Gasteiger partial charge on any atom is -0.360 e. The Morgan fingerprint density at radius 2 is 1.72 bits per heavy atom. The molecule has 3 N–H and O–H groups in total. The molecule has 0 aliphatic carbocycles. The Morgan fingerprint density at radius 1 is 1.00 bits per heavy atom. The number of nitrogens with one attached hydrogen (secondary N) is 3. The van der Waals surface area contributed by atoms with Crippen LogP contribution in [0.1, 0.15) is 39.3 Å². The average molecular weight is 433 g/mol. The average Bonchev–Trinajstić information content (AvgIpc) is 3.40. The summed E-state index contributed by atoms with van der Waals surface area (Å²) in [6.07, 6.45) is 4.18.